The number of carbonyl (C=O) groups is 2. The predicted octanol–water partition coefficient (Wildman–Crippen LogP) is 3.47. The van der Waals surface area contributed by atoms with Crippen LogP contribution in [0, 0.1) is 19.7 Å². The molecule has 2 aromatic rings. The Labute approximate surface area is 157 Å². The van der Waals surface area contributed by atoms with Crippen molar-refractivity contribution in [1.82, 2.24) is 10.2 Å². The van der Waals surface area contributed by atoms with Crippen LogP contribution in [0.4, 0.5) is 4.39 Å². The van der Waals surface area contributed by atoms with Gasteiger partial charge >= 0.3 is 0 Å². The predicted molar refractivity (Wildman–Crippen MR) is 101 cm³/mol. The molecule has 1 saturated heterocycles. The van der Waals surface area contributed by atoms with Gasteiger partial charge in [0.05, 0.1) is 11.3 Å². The van der Waals surface area contributed by atoms with E-state index in [9.17, 15) is 14.0 Å². The summed E-state index contributed by atoms with van der Waals surface area (Å²) in [5.74, 6) is -0.523. The number of thiophene rings is 1. The van der Waals surface area contributed by atoms with E-state index in [1.165, 1.54) is 17.4 Å². The Morgan fingerprint density at radius 2 is 2.15 bits per heavy atom. The number of amides is 2. The van der Waals surface area contributed by atoms with E-state index in [4.69, 9.17) is 0 Å². The van der Waals surface area contributed by atoms with Crippen LogP contribution in [-0.4, -0.2) is 35.8 Å². The first-order valence-corrected chi connectivity index (χ1v) is 9.70. The van der Waals surface area contributed by atoms with Gasteiger partial charge in [-0.2, -0.15) is 0 Å². The minimum Gasteiger partial charge on any atom is -0.349 e. The third-order valence-corrected chi connectivity index (χ3v) is 5.88. The number of likely N-dealkylation sites (tertiary alicyclic amines) is 1. The van der Waals surface area contributed by atoms with Crippen molar-refractivity contribution >= 4 is 23.2 Å². The van der Waals surface area contributed by atoms with E-state index in [1.54, 1.807) is 11.0 Å². The lowest BCUT2D eigenvalue weighted by molar-refractivity contribution is -0.131. The van der Waals surface area contributed by atoms with Crippen LogP contribution in [0.1, 0.15) is 39.2 Å². The lowest BCUT2D eigenvalue weighted by Crippen LogP contribution is -2.43. The molecule has 4 nitrogen and oxygen atoms in total. The molecule has 0 radical (unpaired) electrons. The Kier molecular flexibility index (Phi) is 5.71. The summed E-state index contributed by atoms with van der Waals surface area (Å²) in [6.45, 7) is 4.86. The van der Waals surface area contributed by atoms with E-state index < -0.39 is 0 Å². The molecule has 1 aliphatic rings. The Balaban J connectivity index is 1.60. The first kappa shape index (κ1) is 18.6. The Morgan fingerprint density at radius 1 is 1.35 bits per heavy atom. The van der Waals surface area contributed by atoms with Gasteiger partial charge in [-0.15, -0.1) is 11.3 Å². The molecule has 138 valence electrons. The van der Waals surface area contributed by atoms with Gasteiger partial charge in [-0.1, -0.05) is 12.1 Å². The monoisotopic (exact) mass is 374 g/mol. The van der Waals surface area contributed by atoms with Crippen molar-refractivity contribution in [3.05, 3.63) is 57.0 Å². The zero-order valence-electron chi connectivity index (χ0n) is 15.0. The summed E-state index contributed by atoms with van der Waals surface area (Å²) in [5.41, 5.74) is 2.31. The number of hydrogen-bond acceptors (Lipinski definition) is 3. The third kappa shape index (κ3) is 4.12. The van der Waals surface area contributed by atoms with Crippen LogP contribution in [0.5, 0.6) is 0 Å². The fraction of sp³-hybridized carbons (Fsp3) is 0.400. The van der Waals surface area contributed by atoms with Crippen LogP contribution >= 0.6 is 11.3 Å². The van der Waals surface area contributed by atoms with Crippen LogP contribution in [0.3, 0.4) is 0 Å². The Bertz CT molecular complexity index is 798. The highest BCUT2D eigenvalue weighted by Crippen LogP contribution is 2.21. The molecule has 6 heteroatoms. The minimum absolute atomic E-state index is 0.0282. The van der Waals surface area contributed by atoms with Gasteiger partial charge in [-0.25, -0.2) is 4.39 Å². The van der Waals surface area contributed by atoms with E-state index >= 15 is 0 Å². The molecule has 0 saturated carbocycles. The van der Waals surface area contributed by atoms with Crippen molar-refractivity contribution in [2.24, 2.45) is 0 Å². The minimum atomic E-state index is -0.338. The number of benzene rings is 1. The second-order valence-electron chi connectivity index (χ2n) is 6.79. The molecule has 1 aromatic carbocycles. The van der Waals surface area contributed by atoms with Gasteiger partial charge in [0.2, 0.25) is 5.91 Å². The quantitative estimate of drug-likeness (QED) is 0.871. The molecule has 1 N–H and O–H groups in total. The number of nitrogens with one attached hydrogen (secondary N) is 1. The number of halogens is 1. The molecule has 1 atom stereocenters. The highest BCUT2D eigenvalue weighted by atomic mass is 32.1. The molecule has 3 rings (SSSR count). The van der Waals surface area contributed by atoms with Crippen molar-refractivity contribution in [2.75, 3.05) is 13.1 Å². The van der Waals surface area contributed by atoms with Gasteiger partial charge in [-0.3, -0.25) is 9.59 Å². The average molecular weight is 374 g/mol. The number of carbonyl (C=O) groups excluding carboxylic acids is 2. The summed E-state index contributed by atoms with van der Waals surface area (Å²) >= 11 is 1.42. The zero-order chi connectivity index (χ0) is 18.7. The summed E-state index contributed by atoms with van der Waals surface area (Å²) in [4.78, 5) is 27.4. The molecule has 0 spiro atoms. The molecule has 0 unspecified atom stereocenters. The highest BCUT2D eigenvalue weighted by molar-refractivity contribution is 7.12. The lowest BCUT2D eigenvalue weighted by atomic mass is 10.0. The summed E-state index contributed by atoms with van der Waals surface area (Å²) in [7, 11) is 0. The van der Waals surface area contributed by atoms with E-state index in [-0.39, 0.29) is 30.1 Å². The van der Waals surface area contributed by atoms with Gasteiger partial charge in [0.25, 0.3) is 5.91 Å². The molecule has 2 amide bonds. The molecule has 1 aromatic heterocycles. The third-order valence-electron chi connectivity index (χ3n) is 4.83. The summed E-state index contributed by atoms with van der Waals surface area (Å²) in [5, 5.41) is 4.87. The zero-order valence-corrected chi connectivity index (χ0v) is 15.9. The number of nitrogens with zero attached hydrogens (tertiary/aromatic N) is 1. The van der Waals surface area contributed by atoms with Crippen LogP contribution in [0.2, 0.25) is 0 Å². The number of hydrogen-bond donors (Lipinski definition) is 1. The van der Waals surface area contributed by atoms with Gasteiger partial charge in [0.15, 0.2) is 0 Å². The van der Waals surface area contributed by atoms with E-state index in [2.05, 4.69) is 5.32 Å². The summed E-state index contributed by atoms with van der Waals surface area (Å²) < 4.78 is 14.0. The SMILES string of the molecule is Cc1csc(C(=O)NC[C@@H]2CCCN2C(=O)Cc2c(C)cccc2F)c1. The van der Waals surface area contributed by atoms with Gasteiger partial charge < -0.3 is 10.2 Å². The van der Waals surface area contributed by atoms with Gasteiger partial charge in [0.1, 0.15) is 5.82 Å². The maximum absolute atomic E-state index is 14.0. The molecule has 0 aliphatic carbocycles. The molecule has 26 heavy (non-hydrogen) atoms. The van der Waals surface area contributed by atoms with Crippen LogP contribution in [0.25, 0.3) is 0 Å². The topological polar surface area (TPSA) is 49.4 Å². The van der Waals surface area contributed by atoms with Crippen LogP contribution in [0.15, 0.2) is 29.6 Å². The number of aryl methyl sites for hydroxylation is 2. The standard InChI is InChI=1S/C20H23FN2O2S/c1-13-9-18(26-12-13)20(25)22-11-15-6-4-8-23(15)19(24)10-16-14(2)5-3-7-17(16)21/h3,5,7,9,12,15H,4,6,8,10-11H2,1-2H3,(H,22,25)/t15-/m0/s1. The Morgan fingerprint density at radius 3 is 2.85 bits per heavy atom. The summed E-state index contributed by atoms with van der Waals surface area (Å²) in [6, 6.07) is 6.69. The van der Waals surface area contributed by atoms with Crippen LogP contribution in [-0.2, 0) is 11.2 Å². The van der Waals surface area contributed by atoms with E-state index in [0.717, 1.165) is 24.0 Å². The van der Waals surface area contributed by atoms with E-state index in [1.807, 2.05) is 31.4 Å². The van der Waals surface area contributed by atoms with Crippen molar-refractivity contribution in [1.29, 1.82) is 0 Å². The molecule has 1 fully saturated rings. The molecule has 0 bridgehead atoms. The van der Waals surface area contributed by atoms with Crippen molar-refractivity contribution < 1.29 is 14.0 Å². The molecule has 1 aliphatic heterocycles. The lowest BCUT2D eigenvalue weighted by Gasteiger charge is -2.25. The first-order valence-electron chi connectivity index (χ1n) is 8.82. The molecular weight excluding hydrogens is 351 g/mol. The smallest absolute Gasteiger partial charge is 0.261 e. The van der Waals surface area contributed by atoms with Crippen molar-refractivity contribution in [3.63, 3.8) is 0 Å². The van der Waals surface area contributed by atoms with Gasteiger partial charge in [-0.05, 0) is 55.3 Å². The number of rotatable bonds is 5. The molecular formula is C20H23FN2O2S. The van der Waals surface area contributed by atoms with Gasteiger partial charge in [0, 0.05) is 24.7 Å². The Hall–Kier alpha value is -2.21. The second kappa shape index (κ2) is 7.99. The maximum Gasteiger partial charge on any atom is 0.261 e. The molecule has 2 heterocycles. The highest BCUT2D eigenvalue weighted by Gasteiger charge is 2.29. The summed E-state index contributed by atoms with van der Waals surface area (Å²) in [6.07, 6.45) is 1.82. The fourth-order valence-electron chi connectivity index (χ4n) is 3.37. The van der Waals surface area contributed by atoms with Crippen LogP contribution < -0.4 is 5.32 Å². The fourth-order valence-corrected chi connectivity index (χ4v) is 4.18. The van der Waals surface area contributed by atoms with E-state index in [0.29, 0.717) is 23.5 Å². The van der Waals surface area contributed by atoms with Crippen molar-refractivity contribution in [2.45, 2.75) is 39.2 Å². The normalized spacial score (nSPS) is 16.7. The van der Waals surface area contributed by atoms with Crippen molar-refractivity contribution in [3.8, 4) is 0 Å². The second-order valence-corrected chi connectivity index (χ2v) is 7.70. The average Bonchev–Trinajstić information content (AvgIpc) is 3.25. The maximum atomic E-state index is 14.0. The first-order chi connectivity index (χ1) is 12.5. The largest absolute Gasteiger partial charge is 0.349 e.